The number of carbonyl (C=O) groups is 1. The Morgan fingerprint density at radius 1 is 1.42 bits per heavy atom. The quantitative estimate of drug-likeness (QED) is 0.896. The van der Waals surface area contributed by atoms with Crippen molar-refractivity contribution in [2.24, 2.45) is 0 Å². The zero-order valence-electron chi connectivity index (χ0n) is 10.6. The van der Waals surface area contributed by atoms with Crippen molar-refractivity contribution in [2.45, 2.75) is 20.3 Å². The molecule has 0 radical (unpaired) electrons. The van der Waals surface area contributed by atoms with Crippen LogP contribution in [0.1, 0.15) is 28.4 Å². The molecule has 6 heteroatoms. The number of aryl methyl sites for hydroxylation is 2. The Kier molecular flexibility index (Phi) is 3.59. The van der Waals surface area contributed by atoms with Gasteiger partial charge in [-0.3, -0.25) is 9.89 Å². The normalized spacial score (nSPS) is 10.5. The summed E-state index contributed by atoms with van der Waals surface area (Å²) in [5.41, 5.74) is 0.394. The Bertz CT molecular complexity index is 622. The molecule has 0 saturated heterocycles. The number of carbonyl (C=O) groups excluding carboxylic acids is 1. The van der Waals surface area contributed by atoms with Crippen molar-refractivity contribution < 1.29 is 13.6 Å². The minimum atomic E-state index is -0.891. The highest BCUT2D eigenvalue weighted by atomic mass is 19.1. The number of rotatable bonds is 3. The smallest absolute Gasteiger partial charge is 0.262 e. The molecule has 0 aliphatic rings. The van der Waals surface area contributed by atoms with Gasteiger partial charge in [0.15, 0.2) is 0 Å². The van der Waals surface area contributed by atoms with Gasteiger partial charge in [-0.15, -0.1) is 0 Å². The van der Waals surface area contributed by atoms with Gasteiger partial charge < -0.3 is 5.32 Å². The van der Waals surface area contributed by atoms with E-state index in [0.717, 1.165) is 11.6 Å². The van der Waals surface area contributed by atoms with E-state index in [4.69, 9.17) is 0 Å². The van der Waals surface area contributed by atoms with Gasteiger partial charge in [-0.2, -0.15) is 5.10 Å². The maximum Gasteiger partial charge on any atom is 0.262 e. The average molecular weight is 265 g/mol. The van der Waals surface area contributed by atoms with Crippen molar-refractivity contribution >= 4 is 11.7 Å². The zero-order valence-corrected chi connectivity index (χ0v) is 10.6. The largest absolute Gasteiger partial charge is 0.307 e. The summed E-state index contributed by atoms with van der Waals surface area (Å²) in [6.45, 7) is 3.35. The monoisotopic (exact) mass is 265 g/mol. The van der Waals surface area contributed by atoms with Crippen LogP contribution in [-0.2, 0) is 6.42 Å². The highest BCUT2D eigenvalue weighted by Gasteiger charge is 2.20. The summed E-state index contributed by atoms with van der Waals surface area (Å²) in [4.78, 5) is 11.9. The molecular formula is C13H13F2N3O. The van der Waals surface area contributed by atoms with Gasteiger partial charge in [-0.05, 0) is 25.0 Å². The summed E-state index contributed by atoms with van der Waals surface area (Å²) < 4.78 is 27.4. The van der Waals surface area contributed by atoms with Gasteiger partial charge in [0, 0.05) is 5.56 Å². The van der Waals surface area contributed by atoms with Crippen LogP contribution >= 0.6 is 0 Å². The Morgan fingerprint density at radius 2 is 2.16 bits per heavy atom. The Morgan fingerprint density at radius 3 is 2.84 bits per heavy atom. The van der Waals surface area contributed by atoms with Crippen LogP contribution in [0.15, 0.2) is 18.3 Å². The molecule has 2 rings (SSSR count). The number of hydrogen-bond acceptors (Lipinski definition) is 2. The summed E-state index contributed by atoms with van der Waals surface area (Å²) in [7, 11) is 0. The topological polar surface area (TPSA) is 57.8 Å². The lowest BCUT2D eigenvalue weighted by Crippen LogP contribution is -2.17. The molecule has 19 heavy (non-hydrogen) atoms. The average Bonchev–Trinajstić information content (AvgIpc) is 2.81. The number of aromatic amines is 1. The second kappa shape index (κ2) is 5.17. The van der Waals surface area contributed by atoms with E-state index in [9.17, 15) is 13.6 Å². The molecule has 2 aromatic rings. The van der Waals surface area contributed by atoms with Crippen LogP contribution in [0.4, 0.5) is 14.6 Å². The van der Waals surface area contributed by atoms with Gasteiger partial charge in [0.25, 0.3) is 5.91 Å². The minimum absolute atomic E-state index is 0.215. The first-order valence-electron chi connectivity index (χ1n) is 5.82. The van der Waals surface area contributed by atoms with E-state index >= 15 is 0 Å². The second-order valence-electron chi connectivity index (χ2n) is 4.13. The predicted molar refractivity (Wildman–Crippen MR) is 67.0 cm³/mol. The van der Waals surface area contributed by atoms with Gasteiger partial charge in [-0.1, -0.05) is 13.0 Å². The van der Waals surface area contributed by atoms with Gasteiger partial charge in [0.1, 0.15) is 23.0 Å². The molecular weight excluding hydrogens is 252 g/mol. The number of H-pyrrole nitrogens is 1. The number of anilines is 1. The summed E-state index contributed by atoms with van der Waals surface area (Å²) in [5.74, 6) is -2.22. The van der Waals surface area contributed by atoms with Crippen molar-refractivity contribution in [3.8, 4) is 0 Å². The number of amides is 1. The Labute approximate surface area is 108 Å². The van der Waals surface area contributed by atoms with Crippen molar-refractivity contribution in [1.29, 1.82) is 0 Å². The van der Waals surface area contributed by atoms with Crippen LogP contribution in [0.3, 0.4) is 0 Å². The van der Waals surface area contributed by atoms with Crippen LogP contribution < -0.4 is 5.32 Å². The van der Waals surface area contributed by atoms with E-state index in [1.165, 1.54) is 13.0 Å². The summed E-state index contributed by atoms with van der Waals surface area (Å²) in [5, 5.41) is 8.79. The molecule has 1 heterocycles. The highest BCUT2D eigenvalue weighted by Crippen LogP contribution is 2.19. The number of halogens is 2. The molecule has 1 amide bonds. The first kappa shape index (κ1) is 13.2. The van der Waals surface area contributed by atoms with Crippen molar-refractivity contribution in [3.63, 3.8) is 0 Å². The fraction of sp³-hybridized carbons (Fsp3) is 0.231. The number of hydrogen-bond donors (Lipinski definition) is 2. The molecule has 0 saturated carbocycles. The first-order chi connectivity index (χ1) is 9.04. The Balaban J connectivity index is 2.33. The predicted octanol–water partition coefficient (Wildman–Crippen LogP) is 2.81. The van der Waals surface area contributed by atoms with E-state index < -0.39 is 23.1 Å². The van der Waals surface area contributed by atoms with Crippen LogP contribution in [0.5, 0.6) is 0 Å². The third-order valence-electron chi connectivity index (χ3n) is 2.85. The van der Waals surface area contributed by atoms with Crippen LogP contribution in [0, 0.1) is 18.6 Å². The van der Waals surface area contributed by atoms with E-state index in [2.05, 4.69) is 15.5 Å². The van der Waals surface area contributed by atoms with Gasteiger partial charge in [-0.25, -0.2) is 8.78 Å². The van der Waals surface area contributed by atoms with E-state index in [1.807, 2.05) is 6.92 Å². The fourth-order valence-corrected chi connectivity index (χ4v) is 1.73. The highest BCUT2D eigenvalue weighted by molar-refractivity contribution is 6.04. The van der Waals surface area contributed by atoms with E-state index in [1.54, 1.807) is 6.20 Å². The zero-order chi connectivity index (χ0) is 14.0. The molecule has 0 spiro atoms. The lowest BCUT2D eigenvalue weighted by atomic mass is 10.1. The van der Waals surface area contributed by atoms with Crippen LogP contribution in [0.25, 0.3) is 0 Å². The SMILES string of the molecule is CCc1cn[nH]c1NC(=O)c1c(F)ccc(C)c1F. The van der Waals surface area contributed by atoms with E-state index in [-0.39, 0.29) is 5.56 Å². The summed E-state index contributed by atoms with van der Waals surface area (Å²) >= 11 is 0. The Hall–Kier alpha value is -2.24. The minimum Gasteiger partial charge on any atom is -0.307 e. The van der Waals surface area contributed by atoms with Gasteiger partial charge in [0.05, 0.1) is 6.20 Å². The second-order valence-corrected chi connectivity index (χ2v) is 4.13. The maximum atomic E-state index is 13.8. The van der Waals surface area contributed by atoms with Gasteiger partial charge >= 0.3 is 0 Å². The molecule has 100 valence electrons. The number of benzene rings is 1. The molecule has 1 aromatic heterocycles. The molecule has 0 aliphatic heterocycles. The number of aromatic nitrogens is 2. The molecule has 0 bridgehead atoms. The standard InChI is InChI=1S/C13H13F2N3O/c1-3-8-6-16-18-12(8)17-13(19)10-9(14)5-4-7(2)11(10)15/h4-6H,3H2,1-2H3,(H2,16,17,18,19). The molecule has 0 aliphatic carbocycles. The fourth-order valence-electron chi connectivity index (χ4n) is 1.73. The van der Waals surface area contributed by atoms with Crippen molar-refractivity contribution in [1.82, 2.24) is 10.2 Å². The molecule has 0 unspecified atom stereocenters. The third kappa shape index (κ3) is 2.47. The molecule has 1 aromatic carbocycles. The van der Waals surface area contributed by atoms with Crippen LogP contribution in [-0.4, -0.2) is 16.1 Å². The summed E-state index contributed by atoms with van der Waals surface area (Å²) in [6.07, 6.45) is 2.20. The molecule has 2 N–H and O–H groups in total. The third-order valence-corrected chi connectivity index (χ3v) is 2.85. The lowest BCUT2D eigenvalue weighted by molar-refractivity contribution is 0.101. The van der Waals surface area contributed by atoms with Crippen molar-refractivity contribution in [3.05, 3.63) is 46.7 Å². The van der Waals surface area contributed by atoms with Crippen LogP contribution in [0.2, 0.25) is 0 Å². The van der Waals surface area contributed by atoms with E-state index in [0.29, 0.717) is 12.2 Å². The van der Waals surface area contributed by atoms with Gasteiger partial charge in [0.2, 0.25) is 0 Å². The summed E-state index contributed by atoms with van der Waals surface area (Å²) in [6, 6.07) is 2.36. The number of nitrogens with one attached hydrogen (secondary N) is 2. The molecule has 4 nitrogen and oxygen atoms in total. The lowest BCUT2D eigenvalue weighted by Gasteiger charge is -2.08. The molecule has 0 atom stereocenters. The van der Waals surface area contributed by atoms with Crippen molar-refractivity contribution in [2.75, 3.05) is 5.32 Å². The maximum absolute atomic E-state index is 13.8. The first-order valence-corrected chi connectivity index (χ1v) is 5.82. The number of nitrogens with zero attached hydrogens (tertiary/aromatic N) is 1. The molecule has 0 fully saturated rings.